The molecule has 1 aromatic rings. The van der Waals surface area contributed by atoms with Crippen molar-refractivity contribution in [3.8, 4) is 0 Å². The Morgan fingerprint density at radius 2 is 1.70 bits per heavy atom. The van der Waals surface area contributed by atoms with Crippen LogP contribution in [0.15, 0.2) is 24.8 Å². The summed E-state index contributed by atoms with van der Waals surface area (Å²) in [5.41, 5.74) is -4.24. The SMILES string of the molecule is C=CCN(CCO)c1c([N+](=O)[O-])cc(C(F)(F)F)cc1[N+](=O)[O-]. The van der Waals surface area contributed by atoms with Crippen LogP contribution >= 0.6 is 0 Å². The molecule has 0 radical (unpaired) electrons. The van der Waals surface area contributed by atoms with E-state index in [9.17, 15) is 33.4 Å². The number of nitrogens with zero attached hydrogens (tertiary/aromatic N) is 3. The number of halogens is 3. The zero-order valence-corrected chi connectivity index (χ0v) is 11.6. The molecule has 0 fully saturated rings. The highest BCUT2D eigenvalue weighted by atomic mass is 19.4. The van der Waals surface area contributed by atoms with Gasteiger partial charge in [0.15, 0.2) is 5.69 Å². The quantitative estimate of drug-likeness (QED) is 0.466. The molecule has 0 aliphatic rings. The zero-order chi connectivity index (χ0) is 17.8. The summed E-state index contributed by atoms with van der Waals surface area (Å²) in [6.45, 7) is 2.48. The highest BCUT2D eigenvalue weighted by Gasteiger charge is 2.38. The molecule has 0 aliphatic heterocycles. The lowest BCUT2D eigenvalue weighted by atomic mass is 10.1. The van der Waals surface area contributed by atoms with Crippen molar-refractivity contribution in [2.45, 2.75) is 6.18 Å². The monoisotopic (exact) mass is 335 g/mol. The molecular formula is C12H12F3N3O5. The van der Waals surface area contributed by atoms with Crippen molar-refractivity contribution in [2.24, 2.45) is 0 Å². The second-order valence-electron chi connectivity index (χ2n) is 4.33. The molecule has 0 saturated carbocycles. The highest BCUT2D eigenvalue weighted by Crippen LogP contribution is 2.42. The third-order valence-corrected chi connectivity index (χ3v) is 2.83. The third kappa shape index (κ3) is 4.16. The number of benzene rings is 1. The van der Waals surface area contributed by atoms with Gasteiger partial charge in [0, 0.05) is 25.2 Å². The summed E-state index contributed by atoms with van der Waals surface area (Å²) in [4.78, 5) is 20.9. The Morgan fingerprint density at radius 1 is 1.22 bits per heavy atom. The van der Waals surface area contributed by atoms with Gasteiger partial charge in [0.1, 0.15) is 0 Å². The van der Waals surface area contributed by atoms with Crippen LogP contribution in [0.2, 0.25) is 0 Å². The standard InChI is InChI=1S/C12H12F3N3O5/c1-2-3-16(4-5-19)11-9(17(20)21)6-8(12(13,14)15)7-10(11)18(22)23/h2,6-7,19H,1,3-5H2. The van der Waals surface area contributed by atoms with Crippen molar-refractivity contribution in [3.05, 3.63) is 50.6 Å². The molecule has 126 valence electrons. The lowest BCUT2D eigenvalue weighted by molar-refractivity contribution is -0.393. The summed E-state index contributed by atoms with van der Waals surface area (Å²) in [6, 6.07) is 0.464. The Balaban J connectivity index is 3.73. The van der Waals surface area contributed by atoms with Gasteiger partial charge in [-0.05, 0) is 0 Å². The molecule has 0 atom stereocenters. The van der Waals surface area contributed by atoms with Crippen molar-refractivity contribution >= 4 is 17.1 Å². The van der Waals surface area contributed by atoms with Gasteiger partial charge < -0.3 is 10.0 Å². The van der Waals surface area contributed by atoms with Crippen LogP contribution in [0.25, 0.3) is 0 Å². The Labute approximate surface area is 127 Å². The number of rotatable bonds is 7. The van der Waals surface area contributed by atoms with Crippen LogP contribution in [0.4, 0.5) is 30.2 Å². The minimum atomic E-state index is -4.98. The van der Waals surface area contributed by atoms with Gasteiger partial charge >= 0.3 is 6.18 Å². The van der Waals surface area contributed by atoms with E-state index < -0.39 is 45.3 Å². The molecule has 1 N–H and O–H groups in total. The van der Waals surface area contributed by atoms with Crippen LogP contribution in [-0.4, -0.2) is 34.6 Å². The molecule has 0 bridgehead atoms. The smallest absolute Gasteiger partial charge is 0.395 e. The molecule has 11 heteroatoms. The number of anilines is 1. The van der Waals surface area contributed by atoms with E-state index >= 15 is 0 Å². The first-order valence-electron chi connectivity index (χ1n) is 6.14. The number of nitro benzene ring substituents is 2. The molecule has 0 aliphatic carbocycles. The Hall–Kier alpha value is -2.69. The van der Waals surface area contributed by atoms with Crippen molar-refractivity contribution in [1.82, 2.24) is 0 Å². The largest absolute Gasteiger partial charge is 0.416 e. The molecule has 1 aromatic carbocycles. The van der Waals surface area contributed by atoms with E-state index in [1.54, 1.807) is 0 Å². The average molecular weight is 335 g/mol. The Kier molecular flexibility index (Phi) is 5.62. The van der Waals surface area contributed by atoms with E-state index in [0.717, 1.165) is 4.90 Å². The van der Waals surface area contributed by atoms with Gasteiger partial charge in [0.2, 0.25) is 0 Å². The predicted molar refractivity (Wildman–Crippen MR) is 74.2 cm³/mol. The lowest BCUT2D eigenvalue weighted by Gasteiger charge is -2.22. The van der Waals surface area contributed by atoms with Crippen LogP contribution in [0, 0.1) is 20.2 Å². The second kappa shape index (κ2) is 7.05. The first-order chi connectivity index (χ1) is 10.6. The van der Waals surface area contributed by atoms with Gasteiger partial charge in [0.25, 0.3) is 11.4 Å². The van der Waals surface area contributed by atoms with E-state index in [1.165, 1.54) is 6.08 Å². The van der Waals surface area contributed by atoms with E-state index in [2.05, 4.69) is 6.58 Å². The number of hydrogen-bond donors (Lipinski definition) is 1. The fourth-order valence-corrected chi connectivity index (χ4v) is 1.94. The van der Waals surface area contributed by atoms with Crippen LogP contribution in [0.5, 0.6) is 0 Å². The van der Waals surface area contributed by atoms with Crippen molar-refractivity contribution in [1.29, 1.82) is 0 Å². The van der Waals surface area contributed by atoms with Crippen LogP contribution < -0.4 is 4.90 Å². The second-order valence-corrected chi connectivity index (χ2v) is 4.33. The molecule has 0 unspecified atom stereocenters. The molecular weight excluding hydrogens is 323 g/mol. The summed E-state index contributed by atoms with van der Waals surface area (Å²) < 4.78 is 38.4. The van der Waals surface area contributed by atoms with E-state index in [1.807, 2.05) is 0 Å². The lowest BCUT2D eigenvalue weighted by Crippen LogP contribution is -2.28. The summed E-state index contributed by atoms with van der Waals surface area (Å²) >= 11 is 0. The van der Waals surface area contributed by atoms with Gasteiger partial charge in [-0.15, -0.1) is 6.58 Å². The summed E-state index contributed by atoms with van der Waals surface area (Å²) in [7, 11) is 0. The van der Waals surface area contributed by atoms with Crippen molar-refractivity contribution in [2.75, 3.05) is 24.6 Å². The molecule has 0 amide bonds. The topological polar surface area (TPSA) is 110 Å². The molecule has 1 rings (SSSR count). The average Bonchev–Trinajstić information content (AvgIpc) is 2.44. The van der Waals surface area contributed by atoms with Gasteiger partial charge in [-0.25, -0.2) is 0 Å². The molecule has 23 heavy (non-hydrogen) atoms. The summed E-state index contributed by atoms with van der Waals surface area (Å²) in [6.07, 6.45) is -3.73. The van der Waals surface area contributed by atoms with Crippen molar-refractivity contribution in [3.63, 3.8) is 0 Å². The molecule has 0 spiro atoms. The maximum atomic E-state index is 12.8. The van der Waals surface area contributed by atoms with Crippen LogP contribution in [0.3, 0.4) is 0 Å². The first kappa shape index (κ1) is 18.4. The summed E-state index contributed by atoms with van der Waals surface area (Å²) in [5, 5.41) is 31.2. The molecule has 0 aromatic heterocycles. The Morgan fingerprint density at radius 3 is 2.00 bits per heavy atom. The third-order valence-electron chi connectivity index (χ3n) is 2.83. The molecule has 8 nitrogen and oxygen atoms in total. The minimum Gasteiger partial charge on any atom is -0.395 e. The Bertz CT molecular complexity index is 598. The first-order valence-corrected chi connectivity index (χ1v) is 6.14. The predicted octanol–water partition coefficient (Wildman–Crippen LogP) is 2.51. The summed E-state index contributed by atoms with van der Waals surface area (Å²) in [5.74, 6) is 0. The number of aliphatic hydroxyl groups is 1. The number of nitro groups is 2. The number of hydrogen-bond acceptors (Lipinski definition) is 6. The van der Waals surface area contributed by atoms with Gasteiger partial charge in [-0.2, -0.15) is 13.2 Å². The number of alkyl halides is 3. The fourth-order valence-electron chi connectivity index (χ4n) is 1.94. The van der Waals surface area contributed by atoms with Gasteiger partial charge in [0.05, 0.1) is 22.0 Å². The maximum Gasteiger partial charge on any atom is 0.416 e. The zero-order valence-electron chi connectivity index (χ0n) is 11.6. The normalized spacial score (nSPS) is 11.1. The van der Waals surface area contributed by atoms with Gasteiger partial charge in [-0.3, -0.25) is 20.2 Å². The van der Waals surface area contributed by atoms with Gasteiger partial charge in [-0.1, -0.05) is 6.08 Å². The molecule has 0 heterocycles. The maximum absolute atomic E-state index is 12.8. The molecule has 0 saturated heterocycles. The van der Waals surface area contributed by atoms with Crippen LogP contribution in [-0.2, 0) is 6.18 Å². The fraction of sp³-hybridized carbons (Fsp3) is 0.333. The van der Waals surface area contributed by atoms with Crippen molar-refractivity contribution < 1.29 is 28.1 Å². The minimum absolute atomic E-state index is 0.131. The van der Waals surface area contributed by atoms with Crippen LogP contribution in [0.1, 0.15) is 5.56 Å². The van der Waals surface area contributed by atoms with E-state index in [-0.39, 0.29) is 25.2 Å². The highest BCUT2D eigenvalue weighted by molar-refractivity contribution is 5.76. The van der Waals surface area contributed by atoms with E-state index in [4.69, 9.17) is 5.11 Å². The van der Waals surface area contributed by atoms with E-state index in [0.29, 0.717) is 0 Å². The number of aliphatic hydroxyl groups excluding tert-OH is 1.